The van der Waals surface area contributed by atoms with Gasteiger partial charge in [-0.15, -0.1) is 6.58 Å². The summed E-state index contributed by atoms with van der Waals surface area (Å²) in [5.41, 5.74) is 6.03. The smallest absolute Gasteiger partial charge is 0.0415 e. The number of rotatable bonds is 5. The van der Waals surface area contributed by atoms with Crippen LogP contribution in [0, 0.1) is 5.92 Å². The molecule has 2 atom stereocenters. The van der Waals surface area contributed by atoms with Gasteiger partial charge in [-0.05, 0) is 13.0 Å². The lowest BCUT2D eigenvalue weighted by atomic mass is 10.0. The lowest BCUT2D eigenvalue weighted by Crippen LogP contribution is -2.40. The molecule has 2 nitrogen and oxygen atoms in total. The first kappa shape index (κ1) is 9.66. The molecule has 0 spiro atoms. The molecule has 2 unspecified atom stereocenters. The summed E-state index contributed by atoms with van der Waals surface area (Å²) in [5, 5.41) is 0. The Hall–Kier alpha value is -0.340. The van der Waals surface area contributed by atoms with E-state index in [2.05, 4.69) is 31.3 Å². The minimum Gasteiger partial charge on any atom is -0.260 e. The van der Waals surface area contributed by atoms with Crippen molar-refractivity contribution in [1.29, 1.82) is 0 Å². The molecule has 0 fully saturated rings. The zero-order valence-corrected chi connectivity index (χ0v) is 7.15. The molecule has 2 N–H and O–H groups in total. The molecular formula is C8H18N2. The van der Waals surface area contributed by atoms with E-state index >= 15 is 0 Å². The van der Waals surface area contributed by atoms with Gasteiger partial charge in [-0.3, -0.25) is 10.9 Å². The minimum absolute atomic E-state index is 0.384. The van der Waals surface area contributed by atoms with Crippen LogP contribution in [0.15, 0.2) is 12.7 Å². The summed E-state index contributed by atoms with van der Waals surface area (Å²) in [7, 11) is 1.87. The van der Waals surface area contributed by atoms with Crippen molar-refractivity contribution in [2.45, 2.75) is 26.3 Å². The van der Waals surface area contributed by atoms with E-state index in [4.69, 9.17) is 0 Å². The van der Waals surface area contributed by atoms with Gasteiger partial charge in [0, 0.05) is 6.04 Å². The second kappa shape index (κ2) is 5.45. The molecule has 0 aliphatic rings. The van der Waals surface area contributed by atoms with Gasteiger partial charge < -0.3 is 0 Å². The van der Waals surface area contributed by atoms with Gasteiger partial charge in [0.15, 0.2) is 0 Å². The van der Waals surface area contributed by atoms with Gasteiger partial charge in [0.2, 0.25) is 0 Å². The second-order valence-electron chi connectivity index (χ2n) is 2.54. The van der Waals surface area contributed by atoms with E-state index in [0.717, 1.165) is 0 Å². The largest absolute Gasteiger partial charge is 0.260 e. The van der Waals surface area contributed by atoms with Crippen molar-refractivity contribution >= 4 is 0 Å². The quantitative estimate of drug-likeness (QED) is 0.447. The monoisotopic (exact) mass is 142 g/mol. The Morgan fingerprint density at radius 3 is 2.50 bits per heavy atom. The normalized spacial score (nSPS) is 16.3. The van der Waals surface area contributed by atoms with Gasteiger partial charge in [-0.1, -0.05) is 26.3 Å². The number of hydrogen-bond donors (Lipinski definition) is 2. The van der Waals surface area contributed by atoms with Crippen molar-refractivity contribution in [1.82, 2.24) is 10.9 Å². The Morgan fingerprint density at radius 1 is 1.60 bits per heavy atom. The van der Waals surface area contributed by atoms with Gasteiger partial charge in [-0.2, -0.15) is 0 Å². The minimum atomic E-state index is 0.384. The third kappa shape index (κ3) is 2.99. The lowest BCUT2D eigenvalue weighted by molar-refractivity contribution is 0.393. The van der Waals surface area contributed by atoms with E-state index in [9.17, 15) is 0 Å². The maximum Gasteiger partial charge on any atom is 0.0415 e. The zero-order chi connectivity index (χ0) is 7.98. The Labute approximate surface area is 63.7 Å². The Morgan fingerprint density at radius 2 is 2.20 bits per heavy atom. The van der Waals surface area contributed by atoms with Crippen molar-refractivity contribution in [2.75, 3.05) is 7.05 Å². The van der Waals surface area contributed by atoms with E-state index < -0.39 is 0 Å². The predicted molar refractivity (Wildman–Crippen MR) is 45.6 cm³/mol. The molecular weight excluding hydrogens is 124 g/mol. The molecule has 10 heavy (non-hydrogen) atoms. The summed E-state index contributed by atoms with van der Waals surface area (Å²) < 4.78 is 0. The van der Waals surface area contributed by atoms with E-state index in [1.54, 1.807) is 0 Å². The maximum absolute atomic E-state index is 3.75. The summed E-state index contributed by atoms with van der Waals surface area (Å²) >= 11 is 0. The van der Waals surface area contributed by atoms with E-state index in [-0.39, 0.29) is 0 Å². The van der Waals surface area contributed by atoms with Crippen LogP contribution in [0.25, 0.3) is 0 Å². The van der Waals surface area contributed by atoms with Crippen molar-refractivity contribution in [3.8, 4) is 0 Å². The Bertz CT molecular complexity index is 91.3. The second-order valence-corrected chi connectivity index (χ2v) is 2.54. The van der Waals surface area contributed by atoms with Crippen molar-refractivity contribution < 1.29 is 0 Å². The number of nitrogens with one attached hydrogen (secondary N) is 2. The predicted octanol–water partition coefficient (Wildman–Crippen LogP) is 1.31. The van der Waals surface area contributed by atoms with Crippen molar-refractivity contribution in [3.63, 3.8) is 0 Å². The SMILES string of the molecule is C=CC(NNC)C(C)CC. The first-order valence-corrected chi connectivity index (χ1v) is 3.81. The first-order valence-electron chi connectivity index (χ1n) is 3.81. The van der Waals surface area contributed by atoms with E-state index in [1.165, 1.54) is 6.42 Å². The number of hydrazine groups is 1. The molecule has 0 heterocycles. The highest BCUT2D eigenvalue weighted by Crippen LogP contribution is 2.06. The van der Waals surface area contributed by atoms with Crippen LogP contribution in [0.2, 0.25) is 0 Å². The fourth-order valence-electron chi connectivity index (χ4n) is 0.854. The molecule has 0 aliphatic carbocycles. The fourth-order valence-corrected chi connectivity index (χ4v) is 0.854. The summed E-state index contributed by atoms with van der Waals surface area (Å²) in [4.78, 5) is 0. The van der Waals surface area contributed by atoms with Gasteiger partial charge in [0.1, 0.15) is 0 Å². The standard InChI is InChI=1S/C8H18N2/c1-5-7(3)8(6-2)10-9-4/h6-10H,2,5H2,1,3-4H3. The van der Waals surface area contributed by atoms with Gasteiger partial charge in [0.05, 0.1) is 0 Å². The summed E-state index contributed by atoms with van der Waals surface area (Å²) in [6, 6.07) is 0.384. The van der Waals surface area contributed by atoms with E-state index in [1.807, 2.05) is 13.1 Å². The van der Waals surface area contributed by atoms with Crippen LogP contribution in [-0.4, -0.2) is 13.1 Å². The van der Waals surface area contributed by atoms with Crippen LogP contribution >= 0.6 is 0 Å². The molecule has 2 heteroatoms. The summed E-state index contributed by atoms with van der Waals surface area (Å²) in [5.74, 6) is 0.643. The van der Waals surface area contributed by atoms with Crippen LogP contribution in [0.5, 0.6) is 0 Å². The van der Waals surface area contributed by atoms with Crippen LogP contribution in [0.4, 0.5) is 0 Å². The highest BCUT2D eigenvalue weighted by atomic mass is 15.3. The Balaban J connectivity index is 3.67. The summed E-state index contributed by atoms with van der Waals surface area (Å²) in [6.45, 7) is 8.13. The fraction of sp³-hybridized carbons (Fsp3) is 0.750. The molecule has 0 aliphatic heterocycles. The number of hydrogen-bond acceptors (Lipinski definition) is 2. The van der Waals surface area contributed by atoms with Crippen molar-refractivity contribution in [3.05, 3.63) is 12.7 Å². The molecule has 0 radical (unpaired) electrons. The molecule has 0 saturated heterocycles. The van der Waals surface area contributed by atoms with Gasteiger partial charge in [0.25, 0.3) is 0 Å². The molecule has 0 aromatic carbocycles. The first-order chi connectivity index (χ1) is 4.76. The molecule has 0 bridgehead atoms. The zero-order valence-electron chi connectivity index (χ0n) is 7.15. The highest BCUT2D eigenvalue weighted by Gasteiger charge is 2.09. The van der Waals surface area contributed by atoms with Crippen LogP contribution in [0.1, 0.15) is 20.3 Å². The average Bonchev–Trinajstić information content (AvgIpc) is 1.99. The van der Waals surface area contributed by atoms with Crippen LogP contribution in [0.3, 0.4) is 0 Å². The maximum atomic E-state index is 3.75. The third-order valence-electron chi connectivity index (χ3n) is 1.82. The Kier molecular flexibility index (Phi) is 5.26. The third-order valence-corrected chi connectivity index (χ3v) is 1.82. The van der Waals surface area contributed by atoms with E-state index in [0.29, 0.717) is 12.0 Å². The molecule has 0 rings (SSSR count). The molecule has 0 aromatic rings. The molecule has 60 valence electrons. The van der Waals surface area contributed by atoms with Crippen LogP contribution in [-0.2, 0) is 0 Å². The van der Waals surface area contributed by atoms with Gasteiger partial charge in [-0.25, -0.2) is 0 Å². The van der Waals surface area contributed by atoms with Crippen molar-refractivity contribution in [2.24, 2.45) is 5.92 Å². The topological polar surface area (TPSA) is 24.1 Å². The molecule has 0 aromatic heterocycles. The summed E-state index contributed by atoms with van der Waals surface area (Å²) in [6.07, 6.45) is 3.11. The lowest BCUT2D eigenvalue weighted by Gasteiger charge is -2.19. The molecule has 0 saturated carbocycles. The average molecular weight is 142 g/mol. The highest BCUT2D eigenvalue weighted by molar-refractivity contribution is 4.87. The van der Waals surface area contributed by atoms with Gasteiger partial charge >= 0.3 is 0 Å². The van der Waals surface area contributed by atoms with Crippen LogP contribution < -0.4 is 10.9 Å². The molecule has 0 amide bonds.